The molecule has 1 saturated carbocycles. The molecule has 0 saturated heterocycles. The molecule has 2 rings (SSSR count). The van der Waals surface area contributed by atoms with Crippen LogP contribution in [-0.2, 0) is 16.0 Å². The van der Waals surface area contributed by atoms with Gasteiger partial charge in [-0.25, -0.2) is 0 Å². The molecule has 1 aromatic rings. The molecule has 0 unspecified atom stereocenters. The molecule has 2 nitrogen and oxygen atoms in total. The number of aryl methyl sites for hydroxylation is 1. The summed E-state index contributed by atoms with van der Waals surface area (Å²) in [7, 11) is 1.69. The van der Waals surface area contributed by atoms with Crippen LogP contribution >= 0.6 is 0 Å². The summed E-state index contributed by atoms with van der Waals surface area (Å²) < 4.78 is 5.67. The van der Waals surface area contributed by atoms with Crippen molar-refractivity contribution in [3.63, 3.8) is 0 Å². The lowest BCUT2D eigenvalue weighted by atomic mass is 9.86. The highest BCUT2D eigenvalue weighted by molar-refractivity contribution is 5.89. The molecule has 0 aliphatic heterocycles. The van der Waals surface area contributed by atoms with Gasteiger partial charge in [-0.3, -0.25) is 4.79 Å². The molecule has 0 spiro atoms. The summed E-state index contributed by atoms with van der Waals surface area (Å²) in [4.78, 5) is 12.7. The van der Waals surface area contributed by atoms with Crippen LogP contribution in [0, 0.1) is 6.92 Å². The molecule has 104 valence electrons. The number of methoxy groups -OCH3 is 1. The molecule has 1 aromatic carbocycles. The van der Waals surface area contributed by atoms with E-state index in [2.05, 4.69) is 19.1 Å². The molecule has 0 bridgehead atoms. The van der Waals surface area contributed by atoms with Gasteiger partial charge in [-0.2, -0.15) is 0 Å². The number of carbonyl (C=O) groups excluding carboxylic acids is 1. The van der Waals surface area contributed by atoms with E-state index >= 15 is 0 Å². The summed E-state index contributed by atoms with van der Waals surface area (Å²) in [6.07, 6.45) is 6.92. The predicted molar refractivity (Wildman–Crippen MR) is 77.3 cm³/mol. The van der Waals surface area contributed by atoms with E-state index in [1.807, 2.05) is 12.1 Å². The number of hydrogen-bond donors (Lipinski definition) is 0. The lowest BCUT2D eigenvalue weighted by molar-refractivity contribution is -0.142. The molecule has 0 heterocycles. The standard InChI is InChI=1S/C17H24O2/c1-14-8-7-9-15(12-14)13-16(18)17(19-2)10-5-3-4-6-11-17/h7-9,12H,3-6,10-11,13H2,1-2H3. The fourth-order valence-electron chi connectivity index (χ4n) is 3.07. The maximum absolute atomic E-state index is 12.7. The second kappa shape index (κ2) is 6.33. The van der Waals surface area contributed by atoms with Crippen molar-refractivity contribution in [1.82, 2.24) is 0 Å². The summed E-state index contributed by atoms with van der Waals surface area (Å²) in [5.41, 5.74) is 1.78. The lowest BCUT2D eigenvalue weighted by Gasteiger charge is -2.29. The van der Waals surface area contributed by atoms with E-state index in [1.165, 1.54) is 18.4 Å². The van der Waals surface area contributed by atoms with E-state index in [-0.39, 0.29) is 5.78 Å². The van der Waals surface area contributed by atoms with Gasteiger partial charge in [-0.05, 0) is 25.3 Å². The first-order valence-electron chi connectivity index (χ1n) is 7.30. The minimum absolute atomic E-state index is 0.252. The molecule has 0 radical (unpaired) electrons. The molecule has 0 aromatic heterocycles. The monoisotopic (exact) mass is 260 g/mol. The van der Waals surface area contributed by atoms with Gasteiger partial charge in [-0.1, -0.05) is 55.5 Å². The van der Waals surface area contributed by atoms with Crippen molar-refractivity contribution in [1.29, 1.82) is 0 Å². The van der Waals surface area contributed by atoms with E-state index in [1.54, 1.807) is 7.11 Å². The number of benzene rings is 1. The number of carbonyl (C=O) groups is 1. The molecule has 1 aliphatic carbocycles. The molecule has 0 atom stereocenters. The Balaban J connectivity index is 2.12. The van der Waals surface area contributed by atoms with Crippen molar-refractivity contribution >= 4 is 5.78 Å². The molecular weight excluding hydrogens is 236 g/mol. The first-order valence-corrected chi connectivity index (χ1v) is 7.30. The van der Waals surface area contributed by atoms with Crippen LogP contribution in [0.3, 0.4) is 0 Å². The smallest absolute Gasteiger partial charge is 0.168 e. The maximum atomic E-state index is 12.7. The van der Waals surface area contributed by atoms with Crippen LogP contribution in [0.2, 0.25) is 0 Å². The minimum Gasteiger partial charge on any atom is -0.370 e. The van der Waals surface area contributed by atoms with Crippen molar-refractivity contribution in [3.8, 4) is 0 Å². The van der Waals surface area contributed by atoms with Crippen LogP contribution in [0.1, 0.15) is 49.7 Å². The Labute approximate surface area is 116 Å². The average molecular weight is 260 g/mol. The third-order valence-electron chi connectivity index (χ3n) is 4.26. The van der Waals surface area contributed by atoms with Gasteiger partial charge < -0.3 is 4.74 Å². The third kappa shape index (κ3) is 3.44. The van der Waals surface area contributed by atoms with Gasteiger partial charge in [0.1, 0.15) is 5.60 Å². The quantitative estimate of drug-likeness (QED) is 0.769. The number of ether oxygens (including phenoxy) is 1. The Morgan fingerprint density at radius 1 is 1.21 bits per heavy atom. The van der Waals surface area contributed by atoms with Gasteiger partial charge >= 0.3 is 0 Å². The van der Waals surface area contributed by atoms with Crippen molar-refractivity contribution < 1.29 is 9.53 Å². The molecule has 0 amide bonds. The number of hydrogen-bond acceptors (Lipinski definition) is 2. The first-order chi connectivity index (χ1) is 9.16. The van der Waals surface area contributed by atoms with E-state index in [9.17, 15) is 4.79 Å². The predicted octanol–water partition coefficient (Wildman–Crippen LogP) is 3.85. The third-order valence-corrected chi connectivity index (χ3v) is 4.26. The summed E-state index contributed by atoms with van der Waals surface area (Å²) in [6.45, 7) is 2.06. The highest BCUT2D eigenvalue weighted by Gasteiger charge is 2.37. The molecule has 19 heavy (non-hydrogen) atoms. The van der Waals surface area contributed by atoms with Crippen LogP contribution in [0.15, 0.2) is 24.3 Å². The second-order valence-corrected chi connectivity index (χ2v) is 5.70. The molecule has 0 N–H and O–H groups in total. The zero-order chi connectivity index (χ0) is 13.7. The highest BCUT2D eigenvalue weighted by atomic mass is 16.5. The maximum Gasteiger partial charge on any atom is 0.168 e. The number of rotatable bonds is 4. The molecule has 1 aliphatic rings. The Kier molecular flexibility index (Phi) is 4.76. The van der Waals surface area contributed by atoms with Gasteiger partial charge in [0.25, 0.3) is 0 Å². The Hall–Kier alpha value is -1.15. The number of ketones is 1. The van der Waals surface area contributed by atoms with E-state index < -0.39 is 5.60 Å². The Morgan fingerprint density at radius 3 is 2.47 bits per heavy atom. The van der Waals surface area contributed by atoms with Gasteiger partial charge in [0, 0.05) is 13.5 Å². The summed E-state index contributed by atoms with van der Waals surface area (Å²) in [6, 6.07) is 8.21. The molecular formula is C17H24O2. The molecule has 2 heteroatoms. The van der Waals surface area contributed by atoms with Crippen LogP contribution in [-0.4, -0.2) is 18.5 Å². The van der Waals surface area contributed by atoms with Crippen molar-refractivity contribution in [2.75, 3.05) is 7.11 Å². The average Bonchev–Trinajstić information content (AvgIpc) is 2.65. The fourth-order valence-corrected chi connectivity index (χ4v) is 3.07. The van der Waals surface area contributed by atoms with Crippen LogP contribution in [0.4, 0.5) is 0 Å². The van der Waals surface area contributed by atoms with Crippen molar-refractivity contribution in [2.45, 2.75) is 57.5 Å². The highest BCUT2D eigenvalue weighted by Crippen LogP contribution is 2.31. The summed E-state index contributed by atoms with van der Waals surface area (Å²) in [5, 5.41) is 0. The van der Waals surface area contributed by atoms with Gasteiger partial charge in [0.15, 0.2) is 5.78 Å². The second-order valence-electron chi connectivity index (χ2n) is 5.70. The Bertz CT molecular complexity index is 429. The summed E-state index contributed by atoms with van der Waals surface area (Å²) in [5.74, 6) is 0.252. The zero-order valence-electron chi connectivity index (χ0n) is 12.1. The van der Waals surface area contributed by atoms with Crippen LogP contribution in [0.5, 0.6) is 0 Å². The summed E-state index contributed by atoms with van der Waals surface area (Å²) >= 11 is 0. The van der Waals surface area contributed by atoms with Crippen molar-refractivity contribution in [3.05, 3.63) is 35.4 Å². The lowest BCUT2D eigenvalue weighted by Crippen LogP contribution is -2.41. The number of Topliss-reactive ketones (excluding diaryl/α,β-unsaturated/α-hetero) is 1. The van der Waals surface area contributed by atoms with Gasteiger partial charge in [0.2, 0.25) is 0 Å². The first kappa shape index (κ1) is 14.3. The fraction of sp³-hybridized carbons (Fsp3) is 0.588. The normalized spacial score (nSPS) is 18.8. The SMILES string of the molecule is COC1(C(=O)Cc2cccc(C)c2)CCCCCC1. The molecule has 1 fully saturated rings. The van der Waals surface area contributed by atoms with E-state index in [0.717, 1.165) is 31.2 Å². The van der Waals surface area contributed by atoms with E-state index in [0.29, 0.717) is 6.42 Å². The largest absolute Gasteiger partial charge is 0.370 e. The van der Waals surface area contributed by atoms with Crippen molar-refractivity contribution in [2.24, 2.45) is 0 Å². The van der Waals surface area contributed by atoms with Crippen LogP contribution in [0.25, 0.3) is 0 Å². The van der Waals surface area contributed by atoms with E-state index in [4.69, 9.17) is 4.74 Å². The van der Waals surface area contributed by atoms with Gasteiger partial charge in [-0.15, -0.1) is 0 Å². The van der Waals surface area contributed by atoms with Gasteiger partial charge in [0.05, 0.1) is 0 Å². The topological polar surface area (TPSA) is 26.3 Å². The Morgan fingerprint density at radius 2 is 1.89 bits per heavy atom. The van der Waals surface area contributed by atoms with Crippen LogP contribution < -0.4 is 0 Å². The minimum atomic E-state index is -0.528. The zero-order valence-corrected chi connectivity index (χ0v) is 12.1.